The highest BCUT2D eigenvalue weighted by Crippen LogP contribution is 2.34. The maximum absolute atomic E-state index is 10.2. The molecule has 1 atom stereocenters. The Kier molecular flexibility index (Phi) is 7.51. The van der Waals surface area contributed by atoms with E-state index in [9.17, 15) is 5.11 Å². The van der Waals surface area contributed by atoms with Crippen molar-refractivity contribution in [1.82, 2.24) is 0 Å². The molecule has 0 spiro atoms. The zero-order valence-electron chi connectivity index (χ0n) is 15.9. The second-order valence-electron chi connectivity index (χ2n) is 7.54. The van der Waals surface area contributed by atoms with E-state index in [1.807, 2.05) is 0 Å². The molecule has 1 aliphatic carbocycles. The summed E-state index contributed by atoms with van der Waals surface area (Å²) in [5, 5.41) is 10.2. The molecule has 0 saturated heterocycles. The lowest BCUT2D eigenvalue weighted by atomic mass is 9.88. The molecule has 0 aliphatic heterocycles. The van der Waals surface area contributed by atoms with Crippen molar-refractivity contribution < 1.29 is 5.11 Å². The van der Waals surface area contributed by atoms with Gasteiger partial charge in [-0.2, -0.15) is 0 Å². The van der Waals surface area contributed by atoms with Crippen LogP contribution in [-0.4, -0.2) is 11.2 Å². The lowest BCUT2D eigenvalue weighted by molar-refractivity contribution is 0.147. The van der Waals surface area contributed by atoms with Gasteiger partial charge in [-0.1, -0.05) is 86.3 Å². The molecule has 0 heterocycles. The molecule has 0 fully saturated rings. The zero-order valence-corrected chi connectivity index (χ0v) is 15.9. The summed E-state index contributed by atoms with van der Waals surface area (Å²) in [6.07, 6.45) is 11.2. The van der Waals surface area contributed by atoms with Crippen molar-refractivity contribution >= 4 is 11.1 Å². The highest BCUT2D eigenvalue weighted by Gasteiger charge is 2.13. The fourth-order valence-corrected chi connectivity index (χ4v) is 4.08. The van der Waals surface area contributed by atoms with E-state index in [4.69, 9.17) is 0 Å². The summed E-state index contributed by atoms with van der Waals surface area (Å²) in [4.78, 5) is 0. The fourth-order valence-electron chi connectivity index (χ4n) is 4.08. The van der Waals surface area contributed by atoms with Gasteiger partial charge in [0.1, 0.15) is 0 Å². The molecule has 3 rings (SSSR count). The second-order valence-corrected chi connectivity index (χ2v) is 7.54. The monoisotopic (exact) mass is 348 g/mol. The molecule has 1 aliphatic rings. The Morgan fingerprint density at radius 3 is 1.50 bits per heavy atom. The molecule has 1 heteroatoms. The second kappa shape index (κ2) is 10.3. The number of hydrogen-bond donors (Lipinski definition) is 1. The molecule has 2 aromatic carbocycles. The van der Waals surface area contributed by atoms with Crippen molar-refractivity contribution in [3.8, 4) is 0 Å². The maximum atomic E-state index is 10.2. The molecule has 0 saturated carbocycles. The molecule has 0 amide bonds. The fraction of sp³-hybridized carbons (Fsp3) is 0.440. The summed E-state index contributed by atoms with van der Waals surface area (Å²) >= 11 is 0. The first-order valence-corrected chi connectivity index (χ1v) is 10.4. The Balaban J connectivity index is 1.94. The molecular formula is C25H32O. The van der Waals surface area contributed by atoms with Gasteiger partial charge < -0.3 is 5.11 Å². The molecule has 0 bridgehead atoms. The Morgan fingerprint density at radius 1 is 0.538 bits per heavy atom. The van der Waals surface area contributed by atoms with Gasteiger partial charge in [0.15, 0.2) is 0 Å². The summed E-state index contributed by atoms with van der Waals surface area (Å²) in [5.74, 6) is 0. The molecule has 1 nitrogen and oxygen atoms in total. The molecule has 2 aromatic rings. The van der Waals surface area contributed by atoms with E-state index in [1.165, 1.54) is 41.5 Å². The van der Waals surface area contributed by atoms with Gasteiger partial charge in [0, 0.05) is 0 Å². The van der Waals surface area contributed by atoms with Crippen LogP contribution in [0.4, 0.5) is 0 Å². The number of hydrogen-bond acceptors (Lipinski definition) is 1. The summed E-state index contributed by atoms with van der Waals surface area (Å²) in [5.41, 5.74) is 5.77. The molecule has 0 aromatic heterocycles. The van der Waals surface area contributed by atoms with E-state index < -0.39 is 0 Å². The number of benzene rings is 2. The van der Waals surface area contributed by atoms with Gasteiger partial charge in [0.05, 0.1) is 6.10 Å². The first kappa shape index (κ1) is 18.9. The summed E-state index contributed by atoms with van der Waals surface area (Å²) in [6.45, 7) is 0. The Hall–Kier alpha value is -1.86. The summed E-state index contributed by atoms with van der Waals surface area (Å²) in [7, 11) is 0. The van der Waals surface area contributed by atoms with Crippen LogP contribution in [0.5, 0.6) is 0 Å². The van der Waals surface area contributed by atoms with Gasteiger partial charge in [0.25, 0.3) is 0 Å². The third kappa shape index (κ3) is 5.57. The summed E-state index contributed by atoms with van der Waals surface area (Å²) in [6, 6.07) is 21.8. The standard InChI is InChI=1S/C25H32O/c26-23-17-9-1-2-10-19-24(21-13-5-3-6-14-21)25(20-12-11-18-23)22-15-7-4-8-16-22/h3-8,13-16,23,26H,1-2,9-12,17-20H2. The number of rotatable bonds is 2. The highest BCUT2D eigenvalue weighted by molar-refractivity contribution is 5.90. The molecule has 0 radical (unpaired) electrons. The van der Waals surface area contributed by atoms with Gasteiger partial charge in [0.2, 0.25) is 0 Å². The third-order valence-electron chi connectivity index (χ3n) is 5.54. The quantitative estimate of drug-likeness (QED) is 0.627. The SMILES string of the molecule is OC1CCCCCCC(c2ccccc2)=C(c2ccccc2)CCCC1. The van der Waals surface area contributed by atoms with Crippen LogP contribution in [0.2, 0.25) is 0 Å². The zero-order chi connectivity index (χ0) is 18.0. The van der Waals surface area contributed by atoms with Crippen LogP contribution in [0.3, 0.4) is 0 Å². The van der Waals surface area contributed by atoms with E-state index >= 15 is 0 Å². The number of allylic oxidation sites excluding steroid dienone is 2. The van der Waals surface area contributed by atoms with E-state index in [0.29, 0.717) is 0 Å². The average molecular weight is 349 g/mol. The van der Waals surface area contributed by atoms with Crippen molar-refractivity contribution in [1.29, 1.82) is 0 Å². The molecular weight excluding hydrogens is 316 g/mol. The van der Waals surface area contributed by atoms with Crippen molar-refractivity contribution in [2.24, 2.45) is 0 Å². The van der Waals surface area contributed by atoms with Crippen LogP contribution in [0, 0.1) is 0 Å². The van der Waals surface area contributed by atoms with E-state index in [2.05, 4.69) is 60.7 Å². The predicted octanol–water partition coefficient (Wildman–Crippen LogP) is 6.87. The van der Waals surface area contributed by atoms with Gasteiger partial charge in [-0.3, -0.25) is 0 Å². The first-order valence-electron chi connectivity index (χ1n) is 10.4. The Labute approximate surface area is 158 Å². The maximum Gasteiger partial charge on any atom is 0.0540 e. The Morgan fingerprint density at radius 2 is 0.962 bits per heavy atom. The van der Waals surface area contributed by atoms with Gasteiger partial charge in [-0.05, 0) is 60.8 Å². The smallest absolute Gasteiger partial charge is 0.0540 e. The van der Waals surface area contributed by atoms with Crippen LogP contribution in [0.15, 0.2) is 60.7 Å². The molecule has 26 heavy (non-hydrogen) atoms. The van der Waals surface area contributed by atoms with Crippen molar-refractivity contribution in [2.75, 3.05) is 0 Å². The van der Waals surface area contributed by atoms with Gasteiger partial charge >= 0.3 is 0 Å². The minimum Gasteiger partial charge on any atom is -0.393 e. The Bertz CT molecular complexity index is 672. The van der Waals surface area contributed by atoms with Gasteiger partial charge in [-0.15, -0.1) is 0 Å². The van der Waals surface area contributed by atoms with Gasteiger partial charge in [-0.25, -0.2) is 0 Å². The van der Waals surface area contributed by atoms with Crippen LogP contribution < -0.4 is 0 Å². The lowest BCUT2D eigenvalue weighted by Crippen LogP contribution is -2.05. The van der Waals surface area contributed by atoms with E-state index in [-0.39, 0.29) is 6.10 Å². The van der Waals surface area contributed by atoms with Crippen molar-refractivity contribution in [3.63, 3.8) is 0 Å². The minimum atomic E-state index is -0.103. The number of aliphatic hydroxyl groups is 1. The normalized spacial score (nSPS) is 20.7. The minimum absolute atomic E-state index is 0.103. The topological polar surface area (TPSA) is 20.2 Å². The van der Waals surface area contributed by atoms with Crippen molar-refractivity contribution in [3.05, 3.63) is 71.8 Å². The largest absolute Gasteiger partial charge is 0.393 e. The number of aliphatic hydroxyl groups excluding tert-OH is 1. The first-order chi connectivity index (χ1) is 12.8. The third-order valence-corrected chi connectivity index (χ3v) is 5.54. The summed E-state index contributed by atoms with van der Waals surface area (Å²) < 4.78 is 0. The van der Waals surface area contributed by atoms with Crippen LogP contribution in [0.25, 0.3) is 11.1 Å². The van der Waals surface area contributed by atoms with Crippen LogP contribution in [0.1, 0.15) is 75.3 Å². The predicted molar refractivity (Wildman–Crippen MR) is 112 cm³/mol. The lowest BCUT2D eigenvalue weighted by Gasteiger charge is -2.17. The molecule has 138 valence electrons. The van der Waals surface area contributed by atoms with Crippen LogP contribution in [-0.2, 0) is 0 Å². The molecule has 1 N–H and O–H groups in total. The van der Waals surface area contributed by atoms with Crippen LogP contribution >= 0.6 is 0 Å². The van der Waals surface area contributed by atoms with E-state index in [0.717, 1.165) is 44.9 Å². The molecule has 1 unspecified atom stereocenters. The van der Waals surface area contributed by atoms with Crippen molar-refractivity contribution in [2.45, 2.75) is 70.3 Å². The highest BCUT2D eigenvalue weighted by atomic mass is 16.3. The van der Waals surface area contributed by atoms with E-state index in [1.54, 1.807) is 0 Å². The average Bonchev–Trinajstić information content (AvgIpc) is 2.71.